The third kappa shape index (κ3) is 8.04. The fraction of sp³-hybridized carbons (Fsp3) is 0.571. The van der Waals surface area contributed by atoms with Crippen LogP contribution in [-0.2, 0) is 22.4 Å². The Hall–Kier alpha value is -3.35. The largest absolute Gasteiger partial charge is 0.507 e. The number of anilines is 1. The number of rotatable bonds is 6. The van der Waals surface area contributed by atoms with Crippen LogP contribution in [0.4, 0.5) is 15.3 Å². The molecule has 0 spiro atoms. The van der Waals surface area contributed by atoms with E-state index < -0.39 is 12.2 Å². The van der Waals surface area contributed by atoms with Gasteiger partial charge >= 0.3 is 12.1 Å². The number of phenolic OH excluding ortho intramolecular Hbond substituents is 1. The zero-order chi connectivity index (χ0) is 33.1. The highest BCUT2D eigenvalue weighted by Gasteiger charge is 2.37. The van der Waals surface area contributed by atoms with Gasteiger partial charge in [0.25, 0.3) is 5.91 Å². The van der Waals surface area contributed by atoms with E-state index in [0.29, 0.717) is 56.1 Å². The van der Waals surface area contributed by atoms with E-state index in [9.17, 15) is 19.5 Å². The van der Waals surface area contributed by atoms with E-state index in [1.54, 1.807) is 23.1 Å². The molecule has 2 aromatic carbocycles. The second-order valence-electron chi connectivity index (χ2n) is 13.9. The van der Waals surface area contributed by atoms with Crippen molar-refractivity contribution in [1.29, 1.82) is 0 Å². The summed E-state index contributed by atoms with van der Waals surface area (Å²) in [5.41, 5.74) is 9.00. The van der Waals surface area contributed by atoms with Gasteiger partial charge in [-0.05, 0) is 97.1 Å². The summed E-state index contributed by atoms with van der Waals surface area (Å²) in [6, 6.07) is 13.3. The van der Waals surface area contributed by atoms with Gasteiger partial charge in [0.05, 0.1) is 4.47 Å². The smallest absolute Gasteiger partial charge is 0.410 e. The van der Waals surface area contributed by atoms with E-state index in [1.807, 2.05) is 34.1 Å². The summed E-state index contributed by atoms with van der Waals surface area (Å²) >= 11 is 3.36. The topological polar surface area (TPSA) is 132 Å². The molecule has 11 nitrogen and oxygen atoms in total. The van der Waals surface area contributed by atoms with Gasteiger partial charge in [0, 0.05) is 75.5 Å². The number of fused-ring (bicyclic) bond motifs is 1. The molecule has 0 bridgehead atoms. The van der Waals surface area contributed by atoms with Crippen LogP contribution in [0.15, 0.2) is 46.9 Å². The molecule has 4 amide bonds. The van der Waals surface area contributed by atoms with E-state index >= 15 is 0 Å². The summed E-state index contributed by atoms with van der Waals surface area (Å²) in [6.45, 7) is 6.81. The number of para-hydroxylation sites is 1. The molecule has 4 heterocycles. The molecular formula is C35H47BrN6O5. The minimum absolute atomic E-state index is 0.0138. The average Bonchev–Trinajstić information content (AvgIpc) is 3.24. The lowest BCUT2D eigenvalue weighted by atomic mass is 9.89. The first-order chi connectivity index (χ1) is 22.6. The molecule has 1 atom stereocenters. The standard InChI is InChI=1S/C35H47BrN6O5/c1-35(37)13-20-39(21-14-35)26-9-15-40(16-10-26)32(44)31(23-24-6-7-30(43)28(36)22-24)47-34(46)41-17-11-27(12-18-41)42-19-8-25-4-2-3-5-29(25)38-33(42)45/h2-7,22,26-27,31,43H,8-21,23,37H2,1H3,(H,38,45)/t31-/m1/s1. The highest BCUT2D eigenvalue weighted by Crippen LogP contribution is 2.29. The Kier molecular flexibility index (Phi) is 10.3. The zero-order valence-electron chi connectivity index (χ0n) is 27.2. The van der Waals surface area contributed by atoms with Gasteiger partial charge < -0.3 is 40.5 Å². The number of nitrogens with two attached hydrogens (primary N) is 1. The molecule has 2 aromatic rings. The first-order valence-corrected chi connectivity index (χ1v) is 17.8. The van der Waals surface area contributed by atoms with Crippen molar-refractivity contribution in [3.8, 4) is 5.75 Å². The second-order valence-corrected chi connectivity index (χ2v) is 14.7. The maximum Gasteiger partial charge on any atom is 0.410 e. The highest BCUT2D eigenvalue weighted by molar-refractivity contribution is 9.10. The number of ether oxygens (including phenoxy) is 1. The summed E-state index contributed by atoms with van der Waals surface area (Å²) in [7, 11) is 0. The fourth-order valence-electron chi connectivity index (χ4n) is 7.42. The number of carbonyl (C=O) groups is 3. The number of aromatic hydroxyl groups is 1. The number of nitrogens with one attached hydrogen (secondary N) is 1. The molecule has 47 heavy (non-hydrogen) atoms. The van der Waals surface area contributed by atoms with Crippen LogP contribution >= 0.6 is 15.9 Å². The van der Waals surface area contributed by atoms with Crippen LogP contribution in [0.5, 0.6) is 5.75 Å². The van der Waals surface area contributed by atoms with E-state index in [-0.39, 0.29) is 35.7 Å². The van der Waals surface area contributed by atoms with Crippen molar-refractivity contribution in [2.24, 2.45) is 5.73 Å². The Morgan fingerprint density at radius 2 is 1.64 bits per heavy atom. The first-order valence-electron chi connectivity index (χ1n) is 17.0. The van der Waals surface area contributed by atoms with Gasteiger partial charge in [-0.2, -0.15) is 0 Å². The number of amides is 4. The molecule has 6 rings (SSSR count). The van der Waals surface area contributed by atoms with Crippen molar-refractivity contribution in [2.75, 3.05) is 51.1 Å². The van der Waals surface area contributed by atoms with Crippen LogP contribution in [0.25, 0.3) is 0 Å². The van der Waals surface area contributed by atoms with Gasteiger partial charge in [-0.25, -0.2) is 9.59 Å². The second kappa shape index (κ2) is 14.4. The van der Waals surface area contributed by atoms with Crippen molar-refractivity contribution in [3.63, 3.8) is 0 Å². The molecule has 12 heteroatoms. The van der Waals surface area contributed by atoms with Gasteiger partial charge in [-0.1, -0.05) is 24.3 Å². The lowest BCUT2D eigenvalue weighted by Gasteiger charge is -2.44. The molecular weight excluding hydrogens is 664 g/mol. The number of halogens is 1. The molecule has 3 fully saturated rings. The van der Waals surface area contributed by atoms with Gasteiger partial charge in [0.1, 0.15) is 5.75 Å². The predicted molar refractivity (Wildman–Crippen MR) is 183 cm³/mol. The number of benzene rings is 2. The van der Waals surface area contributed by atoms with Crippen LogP contribution in [-0.4, -0.2) is 112 Å². The van der Waals surface area contributed by atoms with Crippen molar-refractivity contribution in [1.82, 2.24) is 19.6 Å². The normalized spacial score (nSPS) is 21.9. The molecule has 4 N–H and O–H groups in total. The summed E-state index contributed by atoms with van der Waals surface area (Å²) in [4.78, 5) is 48.4. The number of piperidine rings is 3. The number of carbonyl (C=O) groups excluding carboxylic acids is 3. The molecule has 0 aliphatic carbocycles. The maximum atomic E-state index is 13.9. The Morgan fingerprint density at radius 3 is 2.34 bits per heavy atom. The molecule has 4 aliphatic rings. The van der Waals surface area contributed by atoms with Crippen LogP contribution in [0, 0.1) is 0 Å². The van der Waals surface area contributed by atoms with E-state index in [0.717, 1.165) is 62.0 Å². The van der Waals surface area contributed by atoms with Gasteiger partial charge in [0.15, 0.2) is 6.10 Å². The maximum absolute atomic E-state index is 13.9. The lowest BCUT2D eigenvalue weighted by molar-refractivity contribution is -0.142. The average molecular weight is 712 g/mol. The van der Waals surface area contributed by atoms with Crippen molar-refractivity contribution >= 4 is 39.6 Å². The summed E-state index contributed by atoms with van der Waals surface area (Å²) < 4.78 is 6.53. The predicted octanol–water partition coefficient (Wildman–Crippen LogP) is 4.56. The van der Waals surface area contributed by atoms with Crippen molar-refractivity contribution in [2.45, 2.75) is 82.0 Å². The Balaban J connectivity index is 1.06. The molecule has 0 saturated carbocycles. The number of hydrogen-bond donors (Lipinski definition) is 3. The number of likely N-dealkylation sites (tertiary alicyclic amines) is 3. The Labute approximate surface area is 285 Å². The SMILES string of the molecule is CC1(N)CCN(C2CCN(C(=O)[C@@H](Cc3ccc(O)c(Br)c3)OC(=O)N3CCC(N4CCc5ccccc5NC4=O)CC3)CC2)CC1. The van der Waals surface area contributed by atoms with Crippen LogP contribution < -0.4 is 11.1 Å². The van der Waals surface area contributed by atoms with E-state index in [4.69, 9.17) is 10.5 Å². The van der Waals surface area contributed by atoms with Gasteiger partial charge in [-0.3, -0.25) is 4.79 Å². The summed E-state index contributed by atoms with van der Waals surface area (Å²) in [5.74, 6) is -0.0851. The lowest BCUT2D eigenvalue weighted by Crippen LogP contribution is -2.55. The van der Waals surface area contributed by atoms with Gasteiger partial charge in [0.2, 0.25) is 0 Å². The molecule has 4 aliphatic heterocycles. The minimum atomic E-state index is -0.990. The monoisotopic (exact) mass is 710 g/mol. The number of nitrogens with zero attached hydrogens (tertiary/aromatic N) is 4. The Bertz CT molecular complexity index is 1450. The van der Waals surface area contributed by atoms with Crippen LogP contribution in [0.3, 0.4) is 0 Å². The molecule has 0 aromatic heterocycles. The van der Waals surface area contributed by atoms with Crippen molar-refractivity contribution in [3.05, 3.63) is 58.1 Å². The van der Waals surface area contributed by atoms with E-state index in [1.165, 1.54) is 0 Å². The minimum Gasteiger partial charge on any atom is -0.507 e. The number of phenols is 1. The Morgan fingerprint density at radius 1 is 0.979 bits per heavy atom. The van der Waals surface area contributed by atoms with Crippen LogP contribution in [0.1, 0.15) is 56.6 Å². The quantitative estimate of drug-likeness (QED) is 0.401. The summed E-state index contributed by atoms with van der Waals surface area (Å²) in [6.07, 6.45) is 4.45. The highest BCUT2D eigenvalue weighted by atomic mass is 79.9. The van der Waals surface area contributed by atoms with E-state index in [2.05, 4.69) is 33.1 Å². The third-order valence-electron chi connectivity index (χ3n) is 10.5. The number of hydrogen-bond acceptors (Lipinski definition) is 7. The zero-order valence-corrected chi connectivity index (χ0v) is 28.8. The van der Waals surface area contributed by atoms with Gasteiger partial charge in [-0.15, -0.1) is 0 Å². The fourth-order valence-corrected chi connectivity index (χ4v) is 7.85. The van der Waals surface area contributed by atoms with Crippen LogP contribution in [0.2, 0.25) is 0 Å². The number of urea groups is 1. The van der Waals surface area contributed by atoms with Crippen molar-refractivity contribution < 1.29 is 24.2 Å². The molecule has 0 unspecified atom stereocenters. The third-order valence-corrected chi connectivity index (χ3v) is 11.1. The summed E-state index contributed by atoms with van der Waals surface area (Å²) in [5, 5.41) is 13.0. The first kappa shape index (κ1) is 33.5. The molecule has 254 valence electrons. The molecule has 3 saturated heterocycles. The molecule has 0 radical (unpaired) electrons.